The number of fused-ring (bicyclic) bond motifs is 1. The quantitative estimate of drug-likeness (QED) is 0.272. The molecular weight excluding hydrogens is 456 g/mol. The van der Waals surface area contributed by atoms with Gasteiger partial charge in [-0.05, 0) is 54.6 Å². The van der Waals surface area contributed by atoms with Crippen molar-refractivity contribution in [3.05, 3.63) is 72.6 Å². The fraction of sp³-hybridized carbons (Fsp3) is 0.130. The number of hydrogen-bond donors (Lipinski definition) is 3. The molecule has 4 aromatic rings. The van der Waals surface area contributed by atoms with Gasteiger partial charge in [0.05, 0.1) is 10.9 Å². The zero-order valence-corrected chi connectivity index (χ0v) is 17.4. The van der Waals surface area contributed by atoms with Crippen molar-refractivity contribution in [3.8, 4) is 17.2 Å². The largest absolute Gasteiger partial charge is 0.490 e. The average molecular weight is 474 g/mol. The van der Waals surface area contributed by atoms with Crippen LogP contribution < -0.4 is 20.1 Å². The number of alkyl halides is 4. The molecule has 0 radical (unpaired) electrons. The van der Waals surface area contributed by atoms with Crippen LogP contribution in [0.15, 0.2) is 67.0 Å². The Hall–Kier alpha value is -4.28. The molecule has 176 valence electrons. The normalized spacial score (nSPS) is 11.3. The van der Waals surface area contributed by atoms with Crippen LogP contribution in [-0.4, -0.2) is 29.3 Å². The van der Waals surface area contributed by atoms with Gasteiger partial charge in [-0.3, -0.25) is 0 Å². The van der Waals surface area contributed by atoms with Crippen LogP contribution in [0.3, 0.4) is 0 Å². The zero-order chi connectivity index (χ0) is 24.1. The average Bonchev–Trinajstić information content (AvgIpc) is 3.29. The van der Waals surface area contributed by atoms with Gasteiger partial charge in [0.15, 0.2) is 0 Å². The number of rotatable bonds is 7. The highest BCUT2D eigenvalue weighted by Gasteiger charge is 2.35. The summed E-state index contributed by atoms with van der Waals surface area (Å²) in [6, 6.07) is 12.2. The minimum atomic E-state index is -4.74. The number of anilines is 2. The Kier molecular flexibility index (Phi) is 6.53. The Labute approximate surface area is 190 Å². The first kappa shape index (κ1) is 22.9. The van der Waals surface area contributed by atoms with Crippen LogP contribution in [0.25, 0.3) is 11.0 Å². The lowest BCUT2D eigenvalue weighted by molar-refractivity contribution is -0.138. The molecule has 0 aliphatic carbocycles. The molecule has 0 unspecified atom stereocenters. The van der Waals surface area contributed by atoms with E-state index < -0.39 is 36.8 Å². The molecule has 0 spiro atoms. The molecule has 0 atom stereocenters. The number of benzene rings is 2. The number of hydrogen-bond acceptors (Lipinski definition) is 4. The molecule has 0 saturated carbocycles. The molecule has 2 amide bonds. The van der Waals surface area contributed by atoms with Gasteiger partial charge in [-0.1, -0.05) is 0 Å². The first-order valence-electron chi connectivity index (χ1n) is 10.0. The molecule has 0 saturated heterocycles. The summed E-state index contributed by atoms with van der Waals surface area (Å²) in [6.07, 6.45) is -1.38. The highest BCUT2D eigenvalue weighted by molar-refractivity contribution is 5.99. The molecule has 2 heterocycles. The number of nitrogens with zero attached hydrogens (tertiary/aromatic N) is 1. The van der Waals surface area contributed by atoms with Crippen LogP contribution in [0.4, 0.5) is 33.7 Å². The van der Waals surface area contributed by atoms with E-state index in [-0.39, 0.29) is 5.69 Å². The number of carbonyl (C=O) groups is 1. The Morgan fingerprint density at radius 2 is 1.71 bits per heavy atom. The molecule has 3 N–H and O–H groups in total. The van der Waals surface area contributed by atoms with E-state index in [2.05, 4.69) is 20.6 Å². The Balaban J connectivity index is 1.40. The number of H-pyrrole nitrogens is 1. The van der Waals surface area contributed by atoms with Crippen molar-refractivity contribution in [2.45, 2.75) is 6.18 Å². The Morgan fingerprint density at radius 1 is 0.971 bits per heavy atom. The second-order valence-corrected chi connectivity index (χ2v) is 7.00. The summed E-state index contributed by atoms with van der Waals surface area (Å²) in [7, 11) is 0. The lowest BCUT2D eigenvalue weighted by Crippen LogP contribution is -2.20. The van der Waals surface area contributed by atoms with Gasteiger partial charge in [-0.2, -0.15) is 13.2 Å². The van der Waals surface area contributed by atoms with E-state index in [9.17, 15) is 22.4 Å². The third-order valence-electron chi connectivity index (χ3n) is 4.64. The van der Waals surface area contributed by atoms with Crippen LogP contribution in [-0.2, 0) is 6.18 Å². The SMILES string of the molecule is O=C(Nc1ccc(Oc2ccnc3[nH]ccc23)cc1)Nc1ccc(OCCF)c(C(F)(F)F)c1. The molecule has 4 rings (SSSR count). The maximum absolute atomic E-state index is 13.3. The number of urea groups is 1. The fourth-order valence-electron chi connectivity index (χ4n) is 3.15. The number of nitrogens with one attached hydrogen (secondary N) is 3. The van der Waals surface area contributed by atoms with E-state index >= 15 is 0 Å². The molecule has 0 bridgehead atoms. The van der Waals surface area contributed by atoms with Crippen molar-refractivity contribution in [3.63, 3.8) is 0 Å². The summed E-state index contributed by atoms with van der Waals surface area (Å²) in [5.74, 6) is 0.597. The van der Waals surface area contributed by atoms with Crippen molar-refractivity contribution >= 4 is 28.4 Å². The number of pyridine rings is 1. The van der Waals surface area contributed by atoms with Gasteiger partial charge in [0, 0.05) is 23.8 Å². The summed E-state index contributed by atoms with van der Waals surface area (Å²) >= 11 is 0. The van der Waals surface area contributed by atoms with Crippen molar-refractivity contribution in [2.75, 3.05) is 23.9 Å². The summed E-state index contributed by atoms with van der Waals surface area (Å²) in [5.41, 5.74) is -0.146. The summed E-state index contributed by atoms with van der Waals surface area (Å²) < 4.78 is 62.8. The lowest BCUT2D eigenvalue weighted by atomic mass is 10.1. The number of amides is 2. The van der Waals surface area contributed by atoms with E-state index in [1.807, 2.05) is 6.07 Å². The van der Waals surface area contributed by atoms with Gasteiger partial charge in [0.2, 0.25) is 0 Å². The van der Waals surface area contributed by atoms with Crippen molar-refractivity contribution in [2.24, 2.45) is 0 Å². The summed E-state index contributed by atoms with van der Waals surface area (Å²) in [6.45, 7) is -1.43. The number of halogens is 4. The Bertz CT molecular complexity index is 1290. The van der Waals surface area contributed by atoms with Crippen molar-refractivity contribution in [1.29, 1.82) is 0 Å². The first-order chi connectivity index (χ1) is 16.3. The van der Waals surface area contributed by atoms with Gasteiger partial charge in [-0.15, -0.1) is 0 Å². The number of aromatic nitrogens is 2. The van der Waals surface area contributed by atoms with Crippen LogP contribution >= 0.6 is 0 Å². The summed E-state index contributed by atoms with van der Waals surface area (Å²) in [5, 5.41) is 5.68. The molecule has 11 heteroatoms. The van der Waals surface area contributed by atoms with Crippen LogP contribution in [0.2, 0.25) is 0 Å². The molecule has 7 nitrogen and oxygen atoms in total. The molecule has 2 aromatic carbocycles. The molecular formula is C23H18F4N4O3. The van der Waals surface area contributed by atoms with E-state index in [0.29, 0.717) is 22.8 Å². The van der Waals surface area contributed by atoms with E-state index in [4.69, 9.17) is 9.47 Å². The van der Waals surface area contributed by atoms with Gasteiger partial charge in [-0.25, -0.2) is 14.2 Å². The smallest absolute Gasteiger partial charge is 0.420 e. The van der Waals surface area contributed by atoms with Crippen LogP contribution in [0.1, 0.15) is 5.56 Å². The molecule has 34 heavy (non-hydrogen) atoms. The second-order valence-electron chi connectivity index (χ2n) is 7.00. The Morgan fingerprint density at radius 3 is 2.44 bits per heavy atom. The summed E-state index contributed by atoms with van der Waals surface area (Å²) in [4.78, 5) is 19.4. The molecule has 2 aromatic heterocycles. The van der Waals surface area contributed by atoms with Crippen LogP contribution in [0, 0.1) is 0 Å². The van der Waals surface area contributed by atoms with E-state index in [0.717, 1.165) is 17.5 Å². The highest BCUT2D eigenvalue weighted by Crippen LogP contribution is 2.38. The van der Waals surface area contributed by atoms with Crippen molar-refractivity contribution < 1.29 is 31.8 Å². The topological polar surface area (TPSA) is 88.3 Å². The minimum Gasteiger partial charge on any atom is -0.490 e. The van der Waals surface area contributed by atoms with E-state index in [1.165, 1.54) is 6.07 Å². The highest BCUT2D eigenvalue weighted by atomic mass is 19.4. The third-order valence-corrected chi connectivity index (χ3v) is 4.64. The predicted molar refractivity (Wildman–Crippen MR) is 118 cm³/mol. The van der Waals surface area contributed by atoms with Gasteiger partial charge < -0.3 is 25.1 Å². The van der Waals surface area contributed by atoms with E-state index in [1.54, 1.807) is 42.7 Å². The first-order valence-corrected chi connectivity index (χ1v) is 10.0. The number of aromatic amines is 1. The number of carbonyl (C=O) groups excluding carboxylic acids is 1. The molecule has 0 fully saturated rings. The molecule has 0 aliphatic rings. The fourth-order valence-corrected chi connectivity index (χ4v) is 3.15. The zero-order valence-electron chi connectivity index (χ0n) is 17.4. The monoisotopic (exact) mass is 474 g/mol. The third kappa shape index (κ3) is 5.37. The maximum atomic E-state index is 13.3. The van der Waals surface area contributed by atoms with Crippen LogP contribution in [0.5, 0.6) is 17.2 Å². The second kappa shape index (κ2) is 9.69. The standard InChI is InChI=1S/C23H18F4N4O3/c24-9-12-33-20-6-3-15(13-18(20)23(25,26)27)31-22(32)30-14-1-4-16(5-2-14)34-19-8-11-29-21-17(19)7-10-28-21/h1-8,10-11,13H,9,12H2,(H,28,29)(H2,30,31,32). The van der Waals surface area contributed by atoms with Gasteiger partial charge in [0.1, 0.15) is 36.2 Å². The molecule has 0 aliphatic heterocycles. The van der Waals surface area contributed by atoms with Gasteiger partial charge in [0.25, 0.3) is 0 Å². The maximum Gasteiger partial charge on any atom is 0.420 e. The predicted octanol–water partition coefficient (Wildman–Crippen LogP) is 6.37. The van der Waals surface area contributed by atoms with Crippen molar-refractivity contribution in [1.82, 2.24) is 9.97 Å². The number of ether oxygens (including phenoxy) is 2. The lowest BCUT2D eigenvalue weighted by Gasteiger charge is -2.15. The van der Waals surface area contributed by atoms with Gasteiger partial charge >= 0.3 is 12.2 Å². The minimum absolute atomic E-state index is 0.106.